The second kappa shape index (κ2) is 6.56. The maximum absolute atomic E-state index is 2.47. The van der Waals surface area contributed by atoms with Crippen LogP contribution in [0.25, 0.3) is 0 Å². The van der Waals surface area contributed by atoms with Crippen molar-refractivity contribution in [1.82, 2.24) is 0 Å². The highest BCUT2D eigenvalue weighted by molar-refractivity contribution is 7.01. The summed E-state index contributed by atoms with van der Waals surface area (Å²) in [5.74, 6) is 1.62. The molecule has 0 aromatic heterocycles. The Morgan fingerprint density at radius 3 is 2.00 bits per heavy atom. The molecule has 0 nitrogen and oxygen atoms in total. The van der Waals surface area contributed by atoms with Crippen molar-refractivity contribution in [2.45, 2.75) is 70.4 Å². The van der Waals surface area contributed by atoms with Gasteiger partial charge in [-0.1, -0.05) is 70.4 Å². The first-order valence-corrected chi connectivity index (χ1v) is 5.97. The molecule has 0 amide bonds. The molecule has 0 spiro atoms. The van der Waals surface area contributed by atoms with E-state index >= 15 is 0 Å². The molecular weight excluding hydrogens is 154 g/mol. The first-order valence-electron chi connectivity index (χ1n) is 5.97. The molecule has 2 radical (unpaired) electrons. The summed E-state index contributed by atoms with van der Waals surface area (Å²) in [7, 11) is 4.85. The molecule has 0 N–H and O–H groups in total. The van der Waals surface area contributed by atoms with Gasteiger partial charge in [0, 0.05) is 0 Å². The van der Waals surface area contributed by atoms with Crippen LogP contribution in [0.15, 0.2) is 0 Å². The van der Waals surface area contributed by atoms with E-state index in [-0.39, 0.29) is 0 Å². The first kappa shape index (κ1) is 11.2. The summed E-state index contributed by atoms with van der Waals surface area (Å²) in [6.07, 6.45) is 10.2. The molecular formula is C11H22B2. The number of hydrogen-bond acceptors (Lipinski definition) is 0. The second-order valence-electron chi connectivity index (χ2n) is 4.73. The van der Waals surface area contributed by atoms with Crippen molar-refractivity contribution in [3.63, 3.8) is 0 Å². The van der Waals surface area contributed by atoms with Gasteiger partial charge in [0.25, 0.3) is 0 Å². The Kier molecular flexibility index (Phi) is 5.66. The quantitative estimate of drug-likeness (QED) is 0.575. The van der Waals surface area contributed by atoms with Gasteiger partial charge in [0.2, 0.25) is 0 Å². The predicted octanol–water partition coefficient (Wildman–Crippen LogP) is 3.67. The van der Waals surface area contributed by atoms with Crippen molar-refractivity contribution in [3.05, 3.63) is 0 Å². The first-order chi connectivity index (χ1) is 6.29. The molecule has 72 valence electrons. The zero-order valence-electron chi connectivity index (χ0n) is 9.26. The van der Waals surface area contributed by atoms with E-state index < -0.39 is 0 Å². The minimum Gasteiger partial charge on any atom is -0.0829 e. The topological polar surface area (TPSA) is 0 Å². The molecule has 0 saturated heterocycles. The van der Waals surface area contributed by atoms with Crippen molar-refractivity contribution in [3.8, 4) is 0 Å². The average molecular weight is 176 g/mol. The van der Waals surface area contributed by atoms with Gasteiger partial charge in [0.05, 0.1) is 14.3 Å². The van der Waals surface area contributed by atoms with E-state index in [1.807, 2.05) is 0 Å². The van der Waals surface area contributed by atoms with Crippen molar-refractivity contribution < 1.29 is 0 Å². The van der Waals surface area contributed by atoms with Crippen LogP contribution in [0.2, 0.25) is 11.6 Å². The third-order valence-corrected chi connectivity index (χ3v) is 2.92. The van der Waals surface area contributed by atoms with Crippen LogP contribution in [0.1, 0.15) is 58.8 Å². The normalized spacial score (nSPS) is 20.8. The van der Waals surface area contributed by atoms with Crippen LogP contribution < -0.4 is 0 Å². The molecule has 13 heavy (non-hydrogen) atoms. The molecule has 2 heteroatoms. The lowest BCUT2D eigenvalue weighted by Crippen LogP contribution is -2.15. The van der Waals surface area contributed by atoms with Crippen LogP contribution in [0.4, 0.5) is 0 Å². The predicted molar refractivity (Wildman–Crippen MR) is 62.7 cm³/mol. The lowest BCUT2D eigenvalue weighted by molar-refractivity contribution is 0.503. The molecule has 0 unspecified atom stereocenters. The molecule has 0 aromatic rings. The fourth-order valence-electron chi connectivity index (χ4n) is 2.06. The molecule has 0 aromatic carbocycles. The van der Waals surface area contributed by atoms with E-state index in [9.17, 15) is 0 Å². The van der Waals surface area contributed by atoms with E-state index in [0.717, 1.165) is 11.6 Å². The van der Waals surface area contributed by atoms with Gasteiger partial charge in [-0.25, -0.2) is 0 Å². The molecule has 0 atom stereocenters. The summed E-state index contributed by atoms with van der Waals surface area (Å²) in [6.45, 7) is 4.53. The van der Waals surface area contributed by atoms with Crippen LogP contribution in [0.3, 0.4) is 0 Å². The highest BCUT2D eigenvalue weighted by atomic mass is 14.1. The molecule has 1 fully saturated rings. The van der Waals surface area contributed by atoms with Gasteiger partial charge in [-0.2, -0.15) is 0 Å². The van der Waals surface area contributed by atoms with E-state index in [1.165, 1.54) is 44.9 Å². The SMILES string of the molecule is CC(C)[B][B]C1CCCCCCC1. The monoisotopic (exact) mass is 176 g/mol. The summed E-state index contributed by atoms with van der Waals surface area (Å²) in [5, 5.41) is 0. The Morgan fingerprint density at radius 2 is 1.46 bits per heavy atom. The van der Waals surface area contributed by atoms with Gasteiger partial charge in [-0.05, 0) is 0 Å². The van der Waals surface area contributed by atoms with Crippen LogP contribution >= 0.6 is 0 Å². The van der Waals surface area contributed by atoms with E-state index in [2.05, 4.69) is 28.2 Å². The van der Waals surface area contributed by atoms with Crippen LogP contribution in [-0.4, -0.2) is 14.3 Å². The Labute approximate surface area is 85.3 Å². The Bertz CT molecular complexity index is 115. The molecule has 0 bridgehead atoms. The standard InChI is InChI=1S/C11H22B2/c1-10(2)12-13-11-8-6-4-3-5-7-9-11/h10-11H,3-9H2,1-2H3. The Morgan fingerprint density at radius 1 is 0.923 bits per heavy atom. The number of hydrogen-bond donors (Lipinski definition) is 0. The highest BCUT2D eigenvalue weighted by Crippen LogP contribution is 2.26. The van der Waals surface area contributed by atoms with Crippen LogP contribution in [0.5, 0.6) is 0 Å². The van der Waals surface area contributed by atoms with Gasteiger partial charge in [-0.3, -0.25) is 0 Å². The molecule has 1 saturated carbocycles. The summed E-state index contributed by atoms with van der Waals surface area (Å²) in [6, 6.07) is 0. The van der Waals surface area contributed by atoms with Crippen LogP contribution in [-0.2, 0) is 0 Å². The highest BCUT2D eigenvalue weighted by Gasteiger charge is 2.12. The maximum Gasteiger partial charge on any atom is 0.0699 e. The zero-order chi connectivity index (χ0) is 9.52. The average Bonchev–Trinajstić information content (AvgIpc) is 2.01. The maximum atomic E-state index is 2.47. The van der Waals surface area contributed by atoms with E-state index in [4.69, 9.17) is 0 Å². The van der Waals surface area contributed by atoms with Gasteiger partial charge in [0.1, 0.15) is 0 Å². The minimum atomic E-state index is 0.727. The fourth-order valence-corrected chi connectivity index (χ4v) is 2.06. The molecule has 0 heterocycles. The largest absolute Gasteiger partial charge is 0.0829 e. The zero-order valence-corrected chi connectivity index (χ0v) is 9.26. The Balaban J connectivity index is 2.14. The second-order valence-corrected chi connectivity index (χ2v) is 4.73. The smallest absolute Gasteiger partial charge is 0.0699 e. The van der Waals surface area contributed by atoms with Crippen molar-refractivity contribution in [2.24, 2.45) is 0 Å². The lowest BCUT2D eigenvalue weighted by Gasteiger charge is -2.19. The Hall–Kier alpha value is 0.130. The van der Waals surface area contributed by atoms with E-state index in [0.29, 0.717) is 0 Å². The summed E-state index contributed by atoms with van der Waals surface area (Å²) < 4.78 is 0. The van der Waals surface area contributed by atoms with Gasteiger partial charge < -0.3 is 0 Å². The van der Waals surface area contributed by atoms with Gasteiger partial charge in [-0.15, -0.1) is 0 Å². The van der Waals surface area contributed by atoms with Gasteiger partial charge in [0.15, 0.2) is 0 Å². The molecule has 1 aliphatic rings. The lowest BCUT2D eigenvalue weighted by atomic mass is 9.29. The summed E-state index contributed by atoms with van der Waals surface area (Å²) in [4.78, 5) is 0. The van der Waals surface area contributed by atoms with Crippen LogP contribution in [0, 0.1) is 0 Å². The van der Waals surface area contributed by atoms with Gasteiger partial charge >= 0.3 is 0 Å². The number of rotatable bonds is 3. The third kappa shape index (κ3) is 5.44. The molecule has 1 aliphatic carbocycles. The molecule has 0 aliphatic heterocycles. The van der Waals surface area contributed by atoms with Crippen molar-refractivity contribution in [2.75, 3.05) is 0 Å². The summed E-state index contributed by atoms with van der Waals surface area (Å²) >= 11 is 0. The third-order valence-electron chi connectivity index (χ3n) is 2.92. The molecule has 1 rings (SSSR count). The summed E-state index contributed by atoms with van der Waals surface area (Å²) in [5.41, 5.74) is 0. The van der Waals surface area contributed by atoms with Crippen molar-refractivity contribution in [1.29, 1.82) is 0 Å². The fraction of sp³-hybridized carbons (Fsp3) is 1.00. The van der Waals surface area contributed by atoms with Crippen molar-refractivity contribution >= 4 is 14.3 Å². The minimum absolute atomic E-state index is 0.727. The van der Waals surface area contributed by atoms with E-state index in [1.54, 1.807) is 0 Å².